The van der Waals surface area contributed by atoms with Gasteiger partial charge in [-0.3, -0.25) is 0 Å². The molecule has 9 nitrogen and oxygen atoms in total. The van der Waals surface area contributed by atoms with Gasteiger partial charge in [-0.2, -0.15) is 49.6 Å². The normalized spacial score (nSPS) is 21.9. The lowest BCUT2D eigenvalue weighted by Crippen LogP contribution is -2.71. The van der Waals surface area contributed by atoms with E-state index in [4.69, 9.17) is 18.9 Å². The molecule has 2 aliphatic heterocycles. The zero-order valence-corrected chi connectivity index (χ0v) is 34.6. The Morgan fingerprint density at radius 2 is 0.750 bits per heavy atom. The zero-order valence-electron chi connectivity index (χ0n) is 34.6. The van der Waals surface area contributed by atoms with E-state index in [-0.39, 0.29) is 25.4 Å². The molecule has 0 atom stereocenters. The lowest BCUT2D eigenvalue weighted by Gasteiger charge is -2.51. The van der Waals surface area contributed by atoms with Crippen molar-refractivity contribution in [3.05, 3.63) is 0 Å². The summed E-state index contributed by atoms with van der Waals surface area (Å²) in [5.74, 6) is 0. The summed E-state index contributed by atoms with van der Waals surface area (Å²) in [6, 6.07) is 0. The van der Waals surface area contributed by atoms with Crippen LogP contribution in [0, 0.1) is 0 Å². The van der Waals surface area contributed by atoms with Crippen molar-refractivity contribution in [2.24, 2.45) is 0 Å². The first-order valence-electron chi connectivity index (χ1n) is 19.6. The summed E-state index contributed by atoms with van der Waals surface area (Å²) >= 11 is 0. The van der Waals surface area contributed by atoms with Gasteiger partial charge in [0.25, 0.3) is 0 Å². The van der Waals surface area contributed by atoms with Crippen LogP contribution in [0.5, 0.6) is 0 Å². The minimum Gasteiger partial charge on any atom is -0.378 e. The molecule has 0 unspecified atom stereocenters. The van der Waals surface area contributed by atoms with Gasteiger partial charge in [0.2, 0.25) is 0 Å². The Labute approximate surface area is 326 Å². The summed E-state index contributed by atoms with van der Waals surface area (Å²) in [6.45, 7) is 14.6. The van der Waals surface area contributed by atoms with Crippen molar-refractivity contribution in [3.63, 3.8) is 0 Å². The molecule has 2 fully saturated rings. The van der Waals surface area contributed by atoms with Gasteiger partial charge in [0, 0.05) is 48.6 Å². The minimum atomic E-state index is -6.89. The molecule has 0 amide bonds. The predicted octanol–water partition coefficient (Wildman–Crippen LogP) is 10.2. The third kappa shape index (κ3) is 13.8. The van der Waals surface area contributed by atoms with Crippen LogP contribution in [0.4, 0.5) is 39.5 Å². The van der Waals surface area contributed by atoms with E-state index in [2.05, 4.69) is 4.74 Å². The molecule has 334 valence electrons. The number of unbranched alkanes of at least 4 members (excludes halogenated alkanes) is 6. The van der Waals surface area contributed by atoms with Crippen molar-refractivity contribution in [1.29, 1.82) is 0 Å². The van der Waals surface area contributed by atoms with Gasteiger partial charge in [-0.15, -0.1) is 0 Å². The van der Waals surface area contributed by atoms with Crippen LogP contribution in [0.2, 0.25) is 0 Å². The lowest BCUT2D eigenvalue weighted by atomic mass is 9.80. The average molecular weight is 835 g/mol. The Kier molecular flexibility index (Phi) is 17.9. The van der Waals surface area contributed by atoms with E-state index in [9.17, 15) is 49.9 Å². The maximum absolute atomic E-state index is 13.8. The molecule has 18 heteroatoms. The van der Waals surface area contributed by atoms with E-state index in [0.717, 1.165) is 0 Å². The SMILES string of the molecule is CC(COCCCCCCOC1CC(C)(C)N(O)C(C)(C)C1)(COCCCCCCOC1CC(C)(C)N(O)C(C)(C)C1)OC(C(F)(F)F)(C(F)(F)F)C(F)(F)F. The van der Waals surface area contributed by atoms with Crippen LogP contribution in [-0.2, 0) is 23.7 Å². The number of ether oxygens (including phenoxy) is 5. The summed E-state index contributed by atoms with van der Waals surface area (Å²) in [6.07, 6.45) is -13.9. The molecule has 0 spiro atoms. The van der Waals surface area contributed by atoms with E-state index < -0.39 is 65.1 Å². The Balaban J connectivity index is 1.87. The number of halogens is 9. The molecule has 2 rings (SSSR count). The van der Waals surface area contributed by atoms with Crippen LogP contribution in [-0.4, -0.2) is 124 Å². The number of nitrogens with zero attached hydrogens (tertiary/aromatic N) is 2. The second kappa shape index (κ2) is 19.6. The molecule has 0 aromatic carbocycles. The molecular formula is C38H67F9N2O7. The summed E-state index contributed by atoms with van der Waals surface area (Å²) in [5, 5.41) is 23.6. The molecule has 0 saturated carbocycles. The van der Waals surface area contributed by atoms with E-state index >= 15 is 0 Å². The molecule has 0 aromatic heterocycles. The fourth-order valence-corrected chi connectivity index (χ4v) is 8.11. The van der Waals surface area contributed by atoms with Crippen molar-refractivity contribution >= 4 is 0 Å². The topological polar surface area (TPSA) is 93.1 Å². The fraction of sp³-hybridized carbons (Fsp3) is 1.00. The van der Waals surface area contributed by atoms with Crippen molar-refractivity contribution in [2.75, 3.05) is 39.6 Å². The first-order chi connectivity index (χ1) is 25.3. The Hall–Kier alpha value is -0.990. The minimum absolute atomic E-state index is 0.0635. The molecule has 2 N–H and O–H groups in total. The van der Waals surface area contributed by atoms with Crippen LogP contribution < -0.4 is 0 Å². The number of alkyl halides is 9. The van der Waals surface area contributed by atoms with Gasteiger partial charge in [-0.1, -0.05) is 25.7 Å². The van der Waals surface area contributed by atoms with Gasteiger partial charge in [0.05, 0.1) is 25.4 Å². The van der Waals surface area contributed by atoms with Gasteiger partial charge < -0.3 is 34.1 Å². The molecule has 0 bridgehead atoms. The number of hydrogen-bond acceptors (Lipinski definition) is 9. The monoisotopic (exact) mass is 834 g/mol. The van der Waals surface area contributed by atoms with Crippen molar-refractivity contribution in [3.8, 4) is 0 Å². The van der Waals surface area contributed by atoms with E-state index in [1.165, 1.54) is 10.1 Å². The molecule has 0 aromatic rings. The molecule has 2 saturated heterocycles. The number of rotatable bonds is 22. The van der Waals surface area contributed by atoms with Crippen LogP contribution in [0.3, 0.4) is 0 Å². The van der Waals surface area contributed by atoms with Crippen molar-refractivity contribution < 1.29 is 73.6 Å². The number of hydroxylamine groups is 4. The maximum Gasteiger partial charge on any atom is 0.435 e. The van der Waals surface area contributed by atoms with Crippen LogP contribution in [0.15, 0.2) is 0 Å². The lowest BCUT2D eigenvalue weighted by molar-refractivity contribution is -0.476. The molecule has 0 aliphatic carbocycles. The Bertz CT molecular complexity index is 1050. The third-order valence-electron chi connectivity index (χ3n) is 10.7. The summed E-state index contributed by atoms with van der Waals surface area (Å²) in [7, 11) is 0. The maximum atomic E-state index is 13.8. The number of piperidine rings is 2. The molecular weight excluding hydrogens is 767 g/mol. The second-order valence-corrected chi connectivity index (χ2v) is 18.3. The highest BCUT2D eigenvalue weighted by molar-refractivity contribution is 5.05. The van der Waals surface area contributed by atoms with Gasteiger partial charge in [0.15, 0.2) is 0 Å². The first-order valence-corrected chi connectivity index (χ1v) is 19.6. The van der Waals surface area contributed by atoms with Crippen LogP contribution in [0.25, 0.3) is 0 Å². The molecule has 2 aliphatic rings. The highest BCUT2D eigenvalue weighted by Gasteiger charge is 2.86. The van der Waals surface area contributed by atoms with Crippen molar-refractivity contribution in [1.82, 2.24) is 10.1 Å². The van der Waals surface area contributed by atoms with E-state index in [0.29, 0.717) is 97.2 Å². The summed E-state index contributed by atoms with van der Waals surface area (Å²) < 4.78 is 151. The molecule has 2 heterocycles. The molecule has 0 radical (unpaired) electrons. The first kappa shape index (κ1) is 51.2. The smallest absolute Gasteiger partial charge is 0.378 e. The Morgan fingerprint density at radius 3 is 1.02 bits per heavy atom. The quantitative estimate of drug-likeness (QED) is 0.0817. The predicted molar refractivity (Wildman–Crippen MR) is 190 cm³/mol. The van der Waals surface area contributed by atoms with Gasteiger partial charge in [-0.25, -0.2) is 0 Å². The Morgan fingerprint density at radius 1 is 0.482 bits per heavy atom. The van der Waals surface area contributed by atoms with Crippen LogP contribution >= 0.6 is 0 Å². The van der Waals surface area contributed by atoms with Gasteiger partial charge >= 0.3 is 24.1 Å². The van der Waals surface area contributed by atoms with Gasteiger partial charge in [0.1, 0.15) is 5.60 Å². The highest BCUT2D eigenvalue weighted by atomic mass is 19.4. The average Bonchev–Trinajstić information content (AvgIpc) is 3.01. The molecule has 56 heavy (non-hydrogen) atoms. The van der Waals surface area contributed by atoms with E-state index in [1.807, 2.05) is 55.4 Å². The summed E-state index contributed by atoms with van der Waals surface area (Å²) in [5.41, 5.74) is -11.1. The fourth-order valence-electron chi connectivity index (χ4n) is 8.11. The van der Waals surface area contributed by atoms with Gasteiger partial charge in [-0.05, 0) is 114 Å². The zero-order chi connectivity index (χ0) is 43.1. The number of hydrogen-bond donors (Lipinski definition) is 2. The van der Waals surface area contributed by atoms with E-state index in [1.54, 1.807) is 0 Å². The standard InChI is InChI=1S/C38H67F9N2O7/c1-30(2)22-28(23-31(3,4)48(30)50)54-20-16-12-10-14-18-52-26-34(9,56-35(36(39,40)41,37(42,43)44)38(45,46)47)27-53-19-15-11-13-17-21-55-29-24-32(5,6)49(51)33(7,8)25-29/h28-29,50-51H,10-27H2,1-9H3. The van der Waals surface area contributed by atoms with Crippen molar-refractivity contribution in [2.45, 2.75) is 203 Å². The second-order valence-electron chi connectivity index (χ2n) is 18.3. The third-order valence-corrected chi connectivity index (χ3v) is 10.7. The van der Waals surface area contributed by atoms with Crippen LogP contribution in [0.1, 0.15) is 139 Å². The largest absolute Gasteiger partial charge is 0.435 e. The highest BCUT2D eigenvalue weighted by Crippen LogP contribution is 2.56. The summed E-state index contributed by atoms with van der Waals surface area (Å²) in [4.78, 5) is 0.